The van der Waals surface area contributed by atoms with Gasteiger partial charge in [-0.05, 0) is 31.0 Å². The molecule has 1 N–H and O–H groups in total. The van der Waals surface area contributed by atoms with Crippen LogP contribution in [0.15, 0.2) is 23.1 Å². The van der Waals surface area contributed by atoms with Gasteiger partial charge < -0.3 is 5.32 Å². The Bertz CT molecular complexity index is 720. The van der Waals surface area contributed by atoms with Crippen molar-refractivity contribution < 1.29 is 18.0 Å². The number of rotatable bonds is 2. The molecule has 1 fully saturated rings. The summed E-state index contributed by atoms with van der Waals surface area (Å²) in [4.78, 5) is 23.9. The van der Waals surface area contributed by atoms with Gasteiger partial charge in [-0.25, -0.2) is 12.7 Å². The van der Waals surface area contributed by atoms with Gasteiger partial charge in [-0.1, -0.05) is 12.8 Å². The standard InChI is InChI=1S/C14H16N2O4S/c1-16-14(18)11-7-6-9(8-12(11)21(16,19)20)13(17)15-10-4-2-3-5-10/h6-8,10H,2-5H2,1H3,(H,15,17). The predicted octanol–water partition coefficient (Wildman–Crippen LogP) is 1.13. The van der Waals surface area contributed by atoms with E-state index in [1.165, 1.54) is 25.2 Å². The van der Waals surface area contributed by atoms with E-state index < -0.39 is 15.9 Å². The average molecular weight is 308 g/mol. The highest BCUT2D eigenvalue weighted by molar-refractivity contribution is 7.90. The highest BCUT2D eigenvalue weighted by Crippen LogP contribution is 2.29. The molecule has 1 saturated carbocycles. The summed E-state index contributed by atoms with van der Waals surface area (Å²) in [7, 11) is -2.59. The average Bonchev–Trinajstić information content (AvgIpc) is 3.02. The smallest absolute Gasteiger partial charge is 0.268 e. The fourth-order valence-electron chi connectivity index (χ4n) is 2.82. The van der Waals surface area contributed by atoms with Crippen LogP contribution >= 0.6 is 0 Å². The van der Waals surface area contributed by atoms with E-state index in [0.29, 0.717) is 4.31 Å². The van der Waals surface area contributed by atoms with Gasteiger partial charge in [-0.15, -0.1) is 0 Å². The molecule has 1 heterocycles. The van der Waals surface area contributed by atoms with Crippen LogP contribution in [-0.2, 0) is 10.0 Å². The Balaban J connectivity index is 1.92. The van der Waals surface area contributed by atoms with Crippen LogP contribution in [-0.4, -0.2) is 37.6 Å². The number of carbonyl (C=O) groups is 2. The summed E-state index contributed by atoms with van der Waals surface area (Å²) in [6, 6.07) is 4.35. The molecule has 1 aliphatic carbocycles. The second kappa shape index (κ2) is 4.84. The molecule has 0 aromatic heterocycles. The molecule has 0 atom stereocenters. The highest BCUT2D eigenvalue weighted by Gasteiger charge is 2.39. The molecule has 1 aliphatic heterocycles. The van der Waals surface area contributed by atoms with E-state index in [2.05, 4.69) is 5.32 Å². The first-order valence-corrected chi connectivity index (χ1v) is 8.33. The van der Waals surface area contributed by atoms with Crippen molar-refractivity contribution in [3.63, 3.8) is 0 Å². The van der Waals surface area contributed by atoms with Crippen LogP contribution in [0.2, 0.25) is 0 Å². The normalized spacial score (nSPS) is 20.6. The molecular weight excluding hydrogens is 292 g/mol. The summed E-state index contributed by atoms with van der Waals surface area (Å²) >= 11 is 0. The lowest BCUT2D eigenvalue weighted by molar-refractivity contribution is 0.0889. The fraction of sp³-hybridized carbons (Fsp3) is 0.429. The first-order valence-electron chi connectivity index (χ1n) is 6.89. The summed E-state index contributed by atoms with van der Waals surface area (Å²) in [6.45, 7) is 0. The van der Waals surface area contributed by atoms with Crippen LogP contribution in [0.25, 0.3) is 0 Å². The summed E-state index contributed by atoms with van der Waals surface area (Å²) in [5, 5.41) is 2.90. The summed E-state index contributed by atoms with van der Waals surface area (Å²) in [5.74, 6) is -0.852. The maximum atomic E-state index is 12.2. The lowest BCUT2D eigenvalue weighted by Gasteiger charge is -2.12. The van der Waals surface area contributed by atoms with Crippen molar-refractivity contribution in [3.05, 3.63) is 29.3 Å². The summed E-state index contributed by atoms with van der Waals surface area (Å²) in [6.07, 6.45) is 4.11. The van der Waals surface area contributed by atoms with E-state index in [9.17, 15) is 18.0 Å². The first kappa shape index (κ1) is 14.1. The van der Waals surface area contributed by atoms with Crippen molar-refractivity contribution >= 4 is 21.8 Å². The topological polar surface area (TPSA) is 83.6 Å². The third kappa shape index (κ3) is 2.21. The Morgan fingerprint density at radius 2 is 1.95 bits per heavy atom. The number of hydrogen-bond acceptors (Lipinski definition) is 4. The molecule has 112 valence electrons. The lowest BCUT2D eigenvalue weighted by Crippen LogP contribution is -2.32. The number of nitrogens with zero attached hydrogens (tertiary/aromatic N) is 1. The third-order valence-corrected chi connectivity index (χ3v) is 5.87. The van der Waals surface area contributed by atoms with Gasteiger partial charge in [-0.2, -0.15) is 0 Å². The van der Waals surface area contributed by atoms with Gasteiger partial charge in [0, 0.05) is 18.7 Å². The van der Waals surface area contributed by atoms with Crippen LogP contribution in [0.1, 0.15) is 46.4 Å². The predicted molar refractivity (Wildman–Crippen MR) is 75.4 cm³/mol. The van der Waals surface area contributed by atoms with Gasteiger partial charge >= 0.3 is 0 Å². The molecule has 0 bridgehead atoms. The van der Waals surface area contributed by atoms with E-state index in [-0.39, 0.29) is 28.0 Å². The van der Waals surface area contributed by atoms with E-state index in [1.54, 1.807) is 0 Å². The molecule has 0 saturated heterocycles. The number of amides is 2. The lowest BCUT2D eigenvalue weighted by atomic mass is 10.1. The van der Waals surface area contributed by atoms with Gasteiger partial charge in [-0.3, -0.25) is 9.59 Å². The Morgan fingerprint density at radius 3 is 2.62 bits per heavy atom. The van der Waals surface area contributed by atoms with Crippen LogP contribution in [0.4, 0.5) is 0 Å². The molecule has 1 aromatic carbocycles. The maximum absolute atomic E-state index is 12.2. The molecule has 6 nitrogen and oxygen atoms in total. The van der Waals surface area contributed by atoms with E-state index in [4.69, 9.17) is 0 Å². The molecule has 0 spiro atoms. The SMILES string of the molecule is CN1C(=O)c2ccc(C(=O)NC3CCCC3)cc2S1(=O)=O. The Morgan fingerprint density at radius 1 is 1.29 bits per heavy atom. The summed E-state index contributed by atoms with van der Waals surface area (Å²) in [5.41, 5.74) is 0.391. The Labute approximate surface area is 123 Å². The molecule has 3 rings (SSSR count). The van der Waals surface area contributed by atoms with Gasteiger partial charge in [0.1, 0.15) is 4.90 Å². The minimum atomic E-state index is -3.81. The van der Waals surface area contributed by atoms with Crippen molar-refractivity contribution in [3.8, 4) is 0 Å². The first-order chi connectivity index (χ1) is 9.91. The second-order valence-electron chi connectivity index (χ2n) is 5.44. The molecule has 0 unspecified atom stereocenters. The van der Waals surface area contributed by atoms with Crippen molar-refractivity contribution in [1.29, 1.82) is 0 Å². The van der Waals surface area contributed by atoms with Gasteiger partial charge in [0.2, 0.25) is 0 Å². The number of fused-ring (bicyclic) bond motifs is 1. The van der Waals surface area contributed by atoms with Crippen molar-refractivity contribution in [2.75, 3.05) is 7.05 Å². The molecule has 0 radical (unpaired) electrons. The van der Waals surface area contributed by atoms with Gasteiger partial charge in [0.15, 0.2) is 0 Å². The Kier molecular flexibility index (Phi) is 3.24. The minimum Gasteiger partial charge on any atom is -0.349 e. The van der Waals surface area contributed by atoms with E-state index >= 15 is 0 Å². The zero-order chi connectivity index (χ0) is 15.2. The molecule has 2 aliphatic rings. The molecule has 1 aromatic rings. The number of hydrogen-bond donors (Lipinski definition) is 1. The third-order valence-electron chi connectivity index (χ3n) is 4.09. The van der Waals surface area contributed by atoms with Gasteiger partial charge in [0.25, 0.3) is 21.8 Å². The number of benzene rings is 1. The summed E-state index contributed by atoms with van der Waals surface area (Å²) < 4.78 is 24.9. The maximum Gasteiger partial charge on any atom is 0.268 e. The monoisotopic (exact) mass is 308 g/mol. The van der Waals surface area contributed by atoms with E-state index in [1.807, 2.05) is 0 Å². The number of carbonyl (C=O) groups excluding carboxylic acids is 2. The fourth-order valence-corrected chi connectivity index (χ4v) is 4.14. The molecule has 2 amide bonds. The minimum absolute atomic E-state index is 0.0888. The highest BCUT2D eigenvalue weighted by atomic mass is 32.2. The quantitative estimate of drug-likeness (QED) is 0.888. The zero-order valence-corrected chi connectivity index (χ0v) is 12.4. The Hall–Kier alpha value is -1.89. The van der Waals surface area contributed by atoms with Crippen molar-refractivity contribution in [2.45, 2.75) is 36.6 Å². The molecule has 21 heavy (non-hydrogen) atoms. The van der Waals surface area contributed by atoms with Crippen LogP contribution in [0.3, 0.4) is 0 Å². The van der Waals surface area contributed by atoms with Crippen LogP contribution in [0.5, 0.6) is 0 Å². The van der Waals surface area contributed by atoms with Crippen molar-refractivity contribution in [2.24, 2.45) is 0 Å². The second-order valence-corrected chi connectivity index (χ2v) is 7.38. The van der Waals surface area contributed by atoms with Crippen molar-refractivity contribution in [1.82, 2.24) is 9.62 Å². The number of nitrogens with one attached hydrogen (secondary N) is 1. The zero-order valence-electron chi connectivity index (χ0n) is 11.6. The van der Waals surface area contributed by atoms with E-state index in [0.717, 1.165) is 25.7 Å². The molecule has 7 heteroatoms. The van der Waals surface area contributed by atoms with Crippen LogP contribution < -0.4 is 5.32 Å². The number of sulfonamides is 1. The van der Waals surface area contributed by atoms with Gasteiger partial charge in [0.05, 0.1) is 5.56 Å². The largest absolute Gasteiger partial charge is 0.349 e. The molecular formula is C14H16N2O4S. The van der Waals surface area contributed by atoms with Crippen LogP contribution in [0, 0.1) is 0 Å².